The minimum Gasteiger partial charge on any atom is -0.297 e. The average molecular weight is 472 g/mol. The van der Waals surface area contributed by atoms with E-state index in [1.807, 2.05) is 30.3 Å². The Labute approximate surface area is 191 Å². The molecule has 1 nitrogen and oxygen atoms in total. The predicted octanol–water partition coefficient (Wildman–Crippen LogP) is 7.76. The number of aryl methyl sites for hydroxylation is 1. The molecule has 0 aromatic heterocycles. The highest BCUT2D eigenvalue weighted by Gasteiger charge is 2.59. The molecule has 0 N–H and O–H groups in total. The Bertz CT molecular complexity index is 835. The number of hydrogen-bond acceptors (Lipinski definition) is 1. The molecular formula is C26H31F6N. The van der Waals surface area contributed by atoms with Crippen molar-refractivity contribution in [3.63, 3.8) is 0 Å². The van der Waals surface area contributed by atoms with Gasteiger partial charge in [0.25, 0.3) is 0 Å². The van der Waals surface area contributed by atoms with Gasteiger partial charge in [-0.25, -0.2) is 0 Å². The normalized spacial score (nSPS) is 21.8. The van der Waals surface area contributed by atoms with E-state index in [0.29, 0.717) is 11.6 Å². The largest absolute Gasteiger partial charge is 0.392 e. The van der Waals surface area contributed by atoms with Gasteiger partial charge >= 0.3 is 12.4 Å². The van der Waals surface area contributed by atoms with Crippen molar-refractivity contribution in [2.75, 3.05) is 6.54 Å². The molecule has 1 aliphatic rings. The maximum absolute atomic E-state index is 13.2. The number of rotatable bonds is 8. The summed E-state index contributed by atoms with van der Waals surface area (Å²) in [5, 5.41) is 0. The molecule has 2 aromatic carbocycles. The molecule has 3 rings (SSSR count). The number of benzene rings is 2. The van der Waals surface area contributed by atoms with Crippen molar-refractivity contribution >= 4 is 0 Å². The van der Waals surface area contributed by atoms with Crippen molar-refractivity contribution in [1.29, 1.82) is 0 Å². The first kappa shape index (κ1) is 25.6. The third-order valence-electron chi connectivity index (χ3n) is 6.72. The molecule has 0 bridgehead atoms. The number of halogens is 6. The number of hydrogen-bond donors (Lipinski definition) is 0. The van der Waals surface area contributed by atoms with Gasteiger partial charge in [0, 0.05) is 12.6 Å². The van der Waals surface area contributed by atoms with Crippen molar-refractivity contribution < 1.29 is 26.3 Å². The highest BCUT2D eigenvalue weighted by molar-refractivity contribution is 5.27. The highest BCUT2D eigenvalue weighted by Crippen LogP contribution is 2.54. The second-order valence-corrected chi connectivity index (χ2v) is 9.36. The molecule has 33 heavy (non-hydrogen) atoms. The Morgan fingerprint density at radius 2 is 1.33 bits per heavy atom. The molecule has 2 atom stereocenters. The van der Waals surface area contributed by atoms with Gasteiger partial charge in [0.2, 0.25) is 0 Å². The van der Waals surface area contributed by atoms with Crippen LogP contribution in [0.3, 0.4) is 0 Å². The lowest BCUT2D eigenvalue weighted by atomic mass is 9.94. The monoisotopic (exact) mass is 471 g/mol. The summed E-state index contributed by atoms with van der Waals surface area (Å²) in [6, 6.07) is 17.7. The number of alkyl halides is 6. The maximum Gasteiger partial charge on any atom is 0.392 e. The molecule has 1 saturated carbocycles. The van der Waals surface area contributed by atoms with Crippen LogP contribution in [0.5, 0.6) is 0 Å². The summed E-state index contributed by atoms with van der Waals surface area (Å²) >= 11 is 0. The van der Waals surface area contributed by atoms with Gasteiger partial charge < -0.3 is 0 Å². The van der Waals surface area contributed by atoms with Gasteiger partial charge in [-0.3, -0.25) is 4.90 Å². The highest BCUT2D eigenvalue weighted by atomic mass is 19.4. The summed E-state index contributed by atoms with van der Waals surface area (Å²) in [5.74, 6) is -5.37. The minimum absolute atomic E-state index is 0.387. The first-order chi connectivity index (χ1) is 15.4. The fourth-order valence-electron chi connectivity index (χ4n) is 4.81. The molecule has 0 amide bonds. The molecule has 182 valence electrons. The SMILES string of the molecule is CC(C)N(CCCc1ccc(C2CC(C(F)(F)F)C(C(F)(F)F)C2)cc1)Cc1ccccc1. The first-order valence-electron chi connectivity index (χ1n) is 11.5. The predicted molar refractivity (Wildman–Crippen MR) is 118 cm³/mol. The van der Waals surface area contributed by atoms with Crippen LogP contribution in [0.1, 0.15) is 55.7 Å². The molecule has 2 unspecified atom stereocenters. The molecule has 2 aromatic rings. The van der Waals surface area contributed by atoms with Crippen molar-refractivity contribution in [2.24, 2.45) is 11.8 Å². The molecule has 0 radical (unpaired) electrons. The molecule has 7 heteroatoms. The summed E-state index contributed by atoms with van der Waals surface area (Å²) in [5.41, 5.74) is 2.86. The summed E-state index contributed by atoms with van der Waals surface area (Å²) in [6.07, 6.45) is -8.96. The number of nitrogens with zero attached hydrogens (tertiary/aromatic N) is 1. The van der Waals surface area contributed by atoms with Crippen LogP contribution in [0.4, 0.5) is 26.3 Å². The second-order valence-electron chi connectivity index (χ2n) is 9.36. The third kappa shape index (κ3) is 6.98. The molecule has 1 fully saturated rings. The van der Waals surface area contributed by atoms with Crippen molar-refractivity contribution in [1.82, 2.24) is 4.90 Å². The van der Waals surface area contributed by atoms with Crippen LogP contribution < -0.4 is 0 Å². The van der Waals surface area contributed by atoms with E-state index in [2.05, 4.69) is 30.9 Å². The van der Waals surface area contributed by atoms with Gasteiger partial charge in [0.15, 0.2) is 0 Å². The molecule has 0 spiro atoms. The Kier molecular flexibility index (Phi) is 8.14. The quantitative estimate of drug-likeness (QED) is 0.356. The molecule has 0 saturated heterocycles. The van der Waals surface area contributed by atoms with Crippen LogP contribution in [-0.4, -0.2) is 29.8 Å². The van der Waals surface area contributed by atoms with E-state index in [9.17, 15) is 26.3 Å². The standard InChI is InChI=1S/C26H31F6N/c1-18(2)33(17-20-7-4-3-5-8-20)14-6-9-19-10-12-21(13-11-19)22-15-23(25(27,28)29)24(16-22)26(30,31)32/h3-5,7-8,10-13,18,22-24H,6,9,14-17H2,1-2H3. The van der Waals surface area contributed by atoms with Gasteiger partial charge in [-0.2, -0.15) is 26.3 Å². The molecule has 1 aliphatic carbocycles. The van der Waals surface area contributed by atoms with Gasteiger partial charge in [0.05, 0.1) is 11.8 Å². The van der Waals surface area contributed by atoms with Crippen LogP contribution in [0.15, 0.2) is 54.6 Å². The van der Waals surface area contributed by atoms with Crippen LogP contribution >= 0.6 is 0 Å². The van der Waals surface area contributed by atoms with E-state index in [4.69, 9.17) is 0 Å². The van der Waals surface area contributed by atoms with Gasteiger partial charge in [-0.1, -0.05) is 54.6 Å². The Morgan fingerprint density at radius 3 is 1.82 bits per heavy atom. The van der Waals surface area contributed by atoms with E-state index in [0.717, 1.165) is 31.5 Å². The fraction of sp³-hybridized carbons (Fsp3) is 0.538. The lowest BCUT2D eigenvalue weighted by molar-refractivity contribution is -0.245. The van der Waals surface area contributed by atoms with Crippen molar-refractivity contribution in [3.05, 3.63) is 71.3 Å². The maximum atomic E-state index is 13.2. The summed E-state index contributed by atoms with van der Waals surface area (Å²) < 4.78 is 79.1. The molecule has 0 aliphatic heterocycles. The van der Waals surface area contributed by atoms with Crippen LogP contribution in [0, 0.1) is 11.8 Å². The van der Waals surface area contributed by atoms with E-state index >= 15 is 0 Å². The van der Waals surface area contributed by atoms with Gasteiger partial charge in [-0.05, 0) is 68.7 Å². The Hall–Kier alpha value is -2.02. The first-order valence-corrected chi connectivity index (χ1v) is 11.5. The zero-order chi connectivity index (χ0) is 24.2. The van der Waals surface area contributed by atoms with E-state index in [1.54, 1.807) is 12.1 Å². The zero-order valence-corrected chi connectivity index (χ0v) is 19.0. The topological polar surface area (TPSA) is 3.24 Å². The van der Waals surface area contributed by atoms with E-state index < -0.39 is 42.9 Å². The van der Waals surface area contributed by atoms with E-state index in [-0.39, 0.29) is 0 Å². The smallest absolute Gasteiger partial charge is 0.297 e. The summed E-state index contributed by atoms with van der Waals surface area (Å²) in [4.78, 5) is 2.39. The minimum atomic E-state index is -4.84. The van der Waals surface area contributed by atoms with E-state index in [1.165, 1.54) is 5.56 Å². The van der Waals surface area contributed by atoms with Crippen LogP contribution in [0.25, 0.3) is 0 Å². The van der Waals surface area contributed by atoms with Crippen molar-refractivity contribution in [2.45, 2.75) is 70.4 Å². The van der Waals surface area contributed by atoms with Crippen LogP contribution in [-0.2, 0) is 13.0 Å². The lowest BCUT2D eigenvalue weighted by Crippen LogP contribution is -2.35. The lowest BCUT2D eigenvalue weighted by Gasteiger charge is -2.26. The summed E-state index contributed by atoms with van der Waals surface area (Å²) in [6.45, 7) is 6.07. The molecule has 0 heterocycles. The second kappa shape index (κ2) is 10.5. The average Bonchev–Trinajstić information content (AvgIpc) is 3.21. The summed E-state index contributed by atoms with van der Waals surface area (Å²) in [7, 11) is 0. The third-order valence-corrected chi connectivity index (χ3v) is 6.72. The molecular weight excluding hydrogens is 440 g/mol. The van der Waals surface area contributed by atoms with Gasteiger partial charge in [0.1, 0.15) is 0 Å². The Balaban J connectivity index is 1.57. The van der Waals surface area contributed by atoms with Crippen molar-refractivity contribution in [3.8, 4) is 0 Å². The van der Waals surface area contributed by atoms with Gasteiger partial charge in [-0.15, -0.1) is 0 Å². The Morgan fingerprint density at radius 1 is 0.788 bits per heavy atom. The fourth-order valence-corrected chi connectivity index (χ4v) is 4.81. The van der Waals surface area contributed by atoms with Crippen LogP contribution in [0.2, 0.25) is 0 Å². The zero-order valence-electron chi connectivity index (χ0n) is 19.0.